The minimum Gasteiger partial charge on any atom is -0.411 e. The molecule has 1 rings (SSSR count). The first kappa shape index (κ1) is 24.7. The van der Waals surface area contributed by atoms with Gasteiger partial charge in [-0.2, -0.15) is 0 Å². The summed E-state index contributed by atoms with van der Waals surface area (Å²) in [5.74, 6) is -2.15. The minimum absolute atomic E-state index is 0.00300. The maximum atomic E-state index is 12.6. The van der Waals surface area contributed by atoms with Gasteiger partial charge in [-0.15, -0.1) is 0 Å². The van der Waals surface area contributed by atoms with Crippen molar-refractivity contribution in [3.05, 3.63) is 0 Å². The zero-order chi connectivity index (χ0) is 20.9. The lowest BCUT2D eigenvalue weighted by molar-refractivity contribution is -0.294. The molecule has 4 atom stereocenters. The van der Waals surface area contributed by atoms with Gasteiger partial charge in [0, 0.05) is 26.1 Å². The summed E-state index contributed by atoms with van der Waals surface area (Å²) in [4.78, 5) is 12.6. The van der Waals surface area contributed by atoms with Crippen molar-refractivity contribution in [2.24, 2.45) is 0 Å². The number of hydrogen-bond donors (Lipinski definition) is 1. The van der Waals surface area contributed by atoms with E-state index in [1.165, 1.54) is 0 Å². The summed E-state index contributed by atoms with van der Waals surface area (Å²) < 4.78 is 24.0. The molecular formula is C20H40O6Si. The Bertz CT molecular complexity index is 476. The Balaban J connectivity index is 3.20. The molecular weight excluding hydrogens is 364 g/mol. The Kier molecular flexibility index (Phi) is 9.10. The van der Waals surface area contributed by atoms with Gasteiger partial charge in [-0.3, -0.25) is 4.79 Å². The van der Waals surface area contributed by atoms with E-state index in [0.717, 1.165) is 0 Å². The van der Waals surface area contributed by atoms with Crippen LogP contribution in [0.5, 0.6) is 0 Å². The van der Waals surface area contributed by atoms with Crippen molar-refractivity contribution in [3.8, 4) is 0 Å². The molecule has 0 spiro atoms. The SMILES string of the molecule is CCCC(=O)C1(O)C[C@@H](O[Si](C)(C)C(C)(C)C)[C@H](OCC)[C@@H](COCC)O1. The van der Waals surface area contributed by atoms with E-state index in [1.54, 1.807) is 0 Å². The summed E-state index contributed by atoms with van der Waals surface area (Å²) in [7, 11) is -2.14. The van der Waals surface area contributed by atoms with Crippen LogP contribution in [0.4, 0.5) is 0 Å². The van der Waals surface area contributed by atoms with Crippen LogP contribution in [-0.2, 0) is 23.4 Å². The van der Waals surface area contributed by atoms with Crippen LogP contribution in [0, 0.1) is 0 Å². The van der Waals surface area contributed by atoms with Gasteiger partial charge in [0.2, 0.25) is 5.79 Å². The van der Waals surface area contributed by atoms with E-state index >= 15 is 0 Å². The van der Waals surface area contributed by atoms with E-state index in [1.807, 2.05) is 20.8 Å². The van der Waals surface area contributed by atoms with Gasteiger partial charge in [-0.1, -0.05) is 27.7 Å². The van der Waals surface area contributed by atoms with Gasteiger partial charge in [-0.05, 0) is 38.4 Å². The highest BCUT2D eigenvalue weighted by Gasteiger charge is 2.53. The molecule has 160 valence electrons. The second-order valence-electron chi connectivity index (χ2n) is 8.81. The van der Waals surface area contributed by atoms with E-state index in [2.05, 4.69) is 33.9 Å². The van der Waals surface area contributed by atoms with E-state index in [9.17, 15) is 9.90 Å². The number of hydrogen-bond acceptors (Lipinski definition) is 6. The lowest BCUT2D eigenvalue weighted by Gasteiger charge is -2.48. The first-order valence-corrected chi connectivity index (χ1v) is 13.1. The number of ketones is 1. The molecule has 1 N–H and O–H groups in total. The van der Waals surface area contributed by atoms with Crippen LogP contribution in [-0.4, -0.2) is 63.1 Å². The van der Waals surface area contributed by atoms with Crippen molar-refractivity contribution in [3.63, 3.8) is 0 Å². The fourth-order valence-electron chi connectivity index (χ4n) is 3.03. The molecule has 0 amide bonds. The van der Waals surface area contributed by atoms with Gasteiger partial charge in [0.1, 0.15) is 12.2 Å². The average Bonchev–Trinajstić information content (AvgIpc) is 2.54. The highest BCUT2D eigenvalue weighted by Crippen LogP contribution is 2.41. The molecule has 7 heteroatoms. The number of carbonyl (C=O) groups excluding carboxylic acids is 1. The van der Waals surface area contributed by atoms with Gasteiger partial charge in [0.25, 0.3) is 0 Å². The Hall–Kier alpha value is -0.313. The van der Waals surface area contributed by atoms with E-state index in [4.69, 9.17) is 18.6 Å². The largest absolute Gasteiger partial charge is 0.411 e. The van der Waals surface area contributed by atoms with Gasteiger partial charge in [-0.25, -0.2) is 0 Å². The van der Waals surface area contributed by atoms with Crippen molar-refractivity contribution in [1.82, 2.24) is 0 Å². The quantitative estimate of drug-likeness (QED) is 0.560. The Morgan fingerprint density at radius 1 is 1.22 bits per heavy atom. The molecule has 0 aromatic rings. The molecule has 0 bridgehead atoms. The smallest absolute Gasteiger partial charge is 0.229 e. The maximum Gasteiger partial charge on any atom is 0.229 e. The number of carbonyl (C=O) groups is 1. The molecule has 1 fully saturated rings. The van der Waals surface area contributed by atoms with Crippen LogP contribution in [0.15, 0.2) is 0 Å². The second-order valence-corrected chi connectivity index (χ2v) is 13.6. The van der Waals surface area contributed by atoms with Gasteiger partial charge >= 0.3 is 0 Å². The fourth-order valence-corrected chi connectivity index (χ4v) is 4.36. The summed E-state index contributed by atoms with van der Waals surface area (Å²) >= 11 is 0. The molecule has 1 unspecified atom stereocenters. The zero-order valence-electron chi connectivity index (χ0n) is 18.5. The van der Waals surface area contributed by atoms with Crippen molar-refractivity contribution in [1.29, 1.82) is 0 Å². The van der Waals surface area contributed by atoms with Crippen LogP contribution < -0.4 is 0 Å². The number of aliphatic hydroxyl groups is 1. The Morgan fingerprint density at radius 3 is 2.33 bits per heavy atom. The standard InChI is InChI=1S/C20H40O6Si/c1-9-12-17(21)20(22)13-15(26-27(7,8)19(4,5)6)18(24-11-3)16(25-20)14-23-10-2/h15-16,18,22H,9-14H2,1-8H3/t15-,16-,18+,20?/m1/s1. The molecule has 0 radical (unpaired) electrons. The molecule has 0 saturated carbocycles. The minimum atomic E-state index is -2.14. The van der Waals surface area contributed by atoms with Gasteiger partial charge in [0.15, 0.2) is 14.1 Å². The number of Topliss-reactive ketones (excluding diaryl/α,β-unsaturated/α-hetero) is 1. The highest BCUT2D eigenvalue weighted by atomic mass is 28.4. The predicted molar refractivity (Wildman–Crippen MR) is 108 cm³/mol. The van der Waals surface area contributed by atoms with Crippen LogP contribution in [0.2, 0.25) is 18.1 Å². The lowest BCUT2D eigenvalue weighted by Crippen LogP contribution is -2.62. The van der Waals surface area contributed by atoms with Crippen LogP contribution in [0.25, 0.3) is 0 Å². The molecule has 0 aliphatic carbocycles. The topological polar surface area (TPSA) is 74.2 Å². The zero-order valence-corrected chi connectivity index (χ0v) is 19.5. The van der Waals surface area contributed by atoms with Crippen molar-refractivity contribution >= 4 is 14.1 Å². The normalized spacial score (nSPS) is 29.7. The van der Waals surface area contributed by atoms with Crippen molar-refractivity contribution in [2.45, 2.75) is 103 Å². The first-order valence-electron chi connectivity index (χ1n) is 10.2. The Morgan fingerprint density at radius 2 is 1.85 bits per heavy atom. The predicted octanol–water partition coefficient (Wildman–Crippen LogP) is 3.67. The number of rotatable bonds is 10. The molecule has 6 nitrogen and oxygen atoms in total. The third-order valence-corrected chi connectivity index (χ3v) is 10.1. The van der Waals surface area contributed by atoms with Crippen LogP contribution >= 0.6 is 0 Å². The van der Waals surface area contributed by atoms with E-state index < -0.39 is 26.3 Å². The highest BCUT2D eigenvalue weighted by molar-refractivity contribution is 6.74. The summed E-state index contributed by atoms with van der Waals surface area (Å²) in [6.45, 7) is 17.8. The number of ether oxygens (including phenoxy) is 3. The van der Waals surface area contributed by atoms with Crippen molar-refractivity contribution in [2.75, 3.05) is 19.8 Å². The monoisotopic (exact) mass is 404 g/mol. The van der Waals surface area contributed by atoms with Crippen molar-refractivity contribution < 1.29 is 28.5 Å². The first-order chi connectivity index (χ1) is 12.4. The molecule has 1 saturated heterocycles. The van der Waals surface area contributed by atoms with Gasteiger partial charge < -0.3 is 23.7 Å². The summed E-state index contributed by atoms with van der Waals surface area (Å²) in [6.07, 6.45) is -0.348. The lowest BCUT2D eigenvalue weighted by atomic mass is 9.91. The molecule has 27 heavy (non-hydrogen) atoms. The molecule has 1 aliphatic rings. The summed E-state index contributed by atoms with van der Waals surface area (Å²) in [5.41, 5.74) is 0. The molecule has 0 aromatic heterocycles. The van der Waals surface area contributed by atoms with Crippen LogP contribution in [0.3, 0.4) is 0 Å². The van der Waals surface area contributed by atoms with Gasteiger partial charge in [0.05, 0.1) is 12.7 Å². The second kappa shape index (κ2) is 9.94. The fraction of sp³-hybridized carbons (Fsp3) is 0.950. The van der Waals surface area contributed by atoms with Crippen LogP contribution in [0.1, 0.15) is 60.8 Å². The summed E-state index contributed by atoms with van der Waals surface area (Å²) in [5, 5.41) is 11.1. The Labute approximate surface area is 166 Å². The molecule has 1 aliphatic heterocycles. The third kappa shape index (κ3) is 6.34. The van der Waals surface area contributed by atoms with E-state index in [0.29, 0.717) is 19.6 Å². The molecule has 0 aromatic carbocycles. The third-order valence-electron chi connectivity index (χ3n) is 5.57. The summed E-state index contributed by atoms with van der Waals surface area (Å²) in [6, 6.07) is 0. The maximum absolute atomic E-state index is 12.6. The average molecular weight is 405 g/mol. The van der Waals surface area contributed by atoms with E-state index in [-0.39, 0.29) is 36.4 Å². The molecule has 1 heterocycles.